The van der Waals surface area contributed by atoms with Crippen LogP contribution in [0.25, 0.3) is 0 Å². The van der Waals surface area contributed by atoms with E-state index in [0.717, 1.165) is 11.1 Å². The molecule has 0 saturated heterocycles. The number of alkyl halides is 2. The van der Waals surface area contributed by atoms with Crippen molar-refractivity contribution >= 4 is 11.1 Å². The van der Waals surface area contributed by atoms with Gasteiger partial charge in [-0.05, 0) is 34.6 Å². The summed E-state index contributed by atoms with van der Waals surface area (Å²) in [6.07, 6.45) is 0.0471. The molecule has 5 rings (SSSR count). The van der Waals surface area contributed by atoms with E-state index in [9.17, 15) is 13.0 Å². The Hall–Kier alpha value is -1.59. The summed E-state index contributed by atoms with van der Waals surface area (Å²) in [7, 11) is 0. The van der Waals surface area contributed by atoms with E-state index in [4.69, 9.17) is 4.55 Å². The minimum Gasteiger partial charge on any atom is -0.301 e. The van der Waals surface area contributed by atoms with Gasteiger partial charge in [-0.15, -0.1) is 0 Å². The number of fused-ring (bicyclic) bond motifs is 1. The molecule has 120 valence electrons. The number of rotatable bonds is 3. The highest BCUT2D eigenvalue weighted by atomic mass is 32.2. The second-order valence-corrected chi connectivity index (χ2v) is 7.47. The molecule has 0 heterocycles. The van der Waals surface area contributed by atoms with Crippen molar-refractivity contribution in [2.45, 2.75) is 29.9 Å². The molecule has 5 heteroatoms. The van der Waals surface area contributed by atoms with E-state index in [1.807, 2.05) is 36.4 Å². The van der Waals surface area contributed by atoms with Crippen LogP contribution in [0.4, 0.5) is 8.78 Å². The quantitative estimate of drug-likeness (QED) is 0.840. The normalized spacial score (nSPS) is 26.5. The van der Waals surface area contributed by atoms with Crippen molar-refractivity contribution in [2.75, 3.05) is 0 Å². The lowest BCUT2D eigenvalue weighted by molar-refractivity contribution is 0.0520. The first-order chi connectivity index (χ1) is 11.0. The predicted octanol–water partition coefficient (Wildman–Crippen LogP) is 4.49. The Balaban J connectivity index is 1.82. The van der Waals surface area contributed by atoms with Gasteiger partial charge in [0.1, 0.15) is 0 Å². The van der Waals surface area contributed by atoms with Crippen LogP contribution in [0.2, 0.25) is 0 Å². The summed E-state index contributed by atoms with van der Waals surface area (Å²) in [4.78, 5) is 0. The van der Waals surface area contributed by atoms with E-state index in [-0.39, 0.29) is 17.8 Å². The Morgan fingerprint density at radius 3 is 1.96 bits per heavy atom. The van der Waals surface area contributed by atoms with Crippen LogP contribution in [0.1, 0.15) is 46.9 Å². The molecule has 0 fully saturated rings. The summed E-state index contributed by atoms with van der Waals surface area (Å²) in [6, 6.07) is 16.0. The fraction of sp³-hybridized carbons (Fsp3) is 0.333. The highest BCUT2D eigenvalue weighted by molar-refractivity contribution is 7.80. The highest BCUT2D eigenvalue weighted by Crippen LogP contribution is 2.57. The molecular formula is C18H16F2O2S. The van der Waals surface area contributed by atoms with Gasteiger partial charge in [0, 0.05) is 18.3 Å². The van der Waals surface area contributed by atoms with Crippen molar-refractivity contribution in [3.8, 4) is 0 Å². The van der Waals surface area contributed by atoms with Gasteiger partial charge in [0.15, 0.2) is 0 Å². The van der Waals surface area contributed by atoms with Crippen LogP contribution >= 0.6 is 0 Å². The predicted molar refractivity (Wildman–Crippen MR) is 85.0 cm³/mol. The first-order valence-corrected chi connectivity index (χ1v) is 8.76. The number of halogens is 2. The van der Waals surface area contributed by atoms with Gasteiger partial charge in [0.05, 0.1) is 0 Å². The Kier molecular flexibility index (Phi) is 3.39. The van der Waals surface area contributed by atoms with Gasteiger partial charge in [0.25, 0.3) is 0 Å². The number of hydrogen-bond acceptors (Lipinski definition) is 1. The molecule has 2 aromatic rings. The average molecular weight is 334 g/mol. The third-order valence-electron chi connectivity index (χ3n) is 5.18. The van der Waals surface area contributed by atoms with Crippen molar-refractivity contribution < 1.29 is 17.5 Å². The van der Waals surface area contributed by atoms with Gasteiger partial charge in [-0.1, -0.05) is 48.5 Å². The van der Waals surface area contributed by atoms with Crippen molar-refractivity contribution in [2.24, 2.45) is 5.92 Å². The lowest BCUT2D eigenvalue weighted by atomic mass is 9.58. The monoisotopic (exact) mass is 334 g/mol. The van der Waals surface area contributed by atoms with Crippen LogP contribution in [-0.2, 0) is 11.1 Å². The molecule has 0 amide bonds. The molecule has 2 aromatic carbocycles. The largest absolute Gasteiger partial charge is 0.345 e. The third-order valence-corrected chi connectivity index (χ3v) is 5.86. The second-order valence-electron chi connectivity index (χ2n) is 6.37. The van der Waals surface area contributed by atoms with Crippen LogP contribution in [-0.4, -0.2) is 14.0 Å². The molecule has 0 spiro atoms. The van der Waals surface area contributed by atoms with E-state index < -0.39 is 22.8 Å². The van der Waals surface area contributed by atoms with Crippen LogP contribution < -0.4 is 0 Å². The first kappa shape index (κ1) is 15.0. The van der Waals surface area contributed by atoms with Gasteiger partial charge >= 0.3 is 5.25 Å². The Labute approximate surface area is 135 Å². The second kappa shape index (κ2) is 5.21. The van der Waals surface area contributed by atoms with Crippen molar-refractivity contribution in [3.05, 3.63) is 70.8 Å². The maximum absolute atomic E-state index is 13.9. The van der Waals surface area contributed by atoms with Crippen LogP contribution in [0, 0.1) is 5.92 Å². The van der Waals surface area contributed by atoms with Gasteiger partial charge in [-0.2, -0.15) is 8.78 Å². The molecule has 3 aliphatic rings. The van der Waals surface area contributed by atoms with E-state index in [0.29, 0.717) is 6.42 Å². The molecule has 1 N–H and O–H groups in total. The molecule has 2 unspecified atom stereocenters. The zero-order valence-corrected chi connectivity index (χ0v) is 13.1. The minimum absolute atomic E-state index is 0.0975. The summed E-state index contributed by atoms with van der Waals surface area (Å²) in [5.41, 5.74) is 4.60. The molecule has 0 aliphatic heterocycles. The van der Waals surface area contributed by atoms with Crippen LogP contribution in [0.15, 0.2) is 48.5 Å². The summed E-state index contributed by atoms with van der Waals surface area (Å²) in [6.45, 7) is 0. The first-order valence-electron chi connectivity index (χ1n) is 7.65. The standard InChI is InChI=1S/C18H16F2O2S/c19-18(20,23(21)22)10-11-9-16-12-5-1-3-7-14(12)17(11)15-8-4-2-6-13(15)16/h1-8,11,16-17H,9-10H2,(H,21,22). The third kappa shape index (κ3) is 2.25. The van der Waals surface area contributed by atoms with Gasteiger partial charge in [-0.3, -0.25) is 0 Å². The summed E-state index contributed by atoms with van der Waals surface area (Å²) in [5, 5.41) is -3.56. The topological polar surface area (TPSA) is 37.3 Å². The maximum Gasteiger partial charge on any atom is 0.345 e. The fourth-order valence-corrected chi connectivity index (χ4v) is 4.69. The van der Waals surface area contributed by atoms with Crippen molar-refractivity contribution in [3.63, 3.8) is 0 Å². The maximum atomic E-state index is 13.9. The molecule has 2 nitrogen and oxygen atoms in total. The van der Waals surface area contributed by atoms with Gasteiger partial charge < -0.3 is 4.55 Å². The molecule has 0 saturated carbocycles. The number of benzene rings is 2. The molecule has 0 aromatic heterocycles. The Morgan fingerprint density at radius 2 is 1.48 bits per heavy atom. The lowest BCUT2D eigenvalue weighted by Crippen LogP contribution is -2.36. The molecule has 2 atom stereocenters. The van der Waals surface area contributed by atoms with E-state index in [1.54, 1.807) is 0 Å². The van der Waals surface area contributed by atoms with Gasteiger partial charge in [-0.25, -0.2) is 4.21 Å². The Bertz CT molecular complexity index is 743. The SMILES string of the molecule is O=S(O)C(F)(F)CC1CC2c3ccccc3C1c1ccccc12. The van der Waals surface area contributed by atoms with Crippen LogP contribution in [0.5, 0.6) is 0 Å². The van der Waals surface area contributed by atoms with Gasteiger partial charge in [0.2, 0.25) is 11.1 Å². The van der Waals surface area contributed by atoms with E-state index >= 15 is 0 Å². The molecule has 3 aliphatic carbocycles. The summed E-state index contributed by atoms with van der Waals surface area (Å²) < 4.78 is 47.6. The smallest absolute Gasteiger partial charge is 0.301 e. The summed E-state index contributed by atoms with van der Waals surface area (Å²) in [5.74, 6) is -0.349. The fourth-order valence-electron chi connectivity index (χ4n) is 4.34. The molecular weight excluding hydrogens is 318 g/mol. The van der Waals surface area contributed by atoms with E-state index in [1.165, 1.54) is 11.1 Å². The zero-order chi connectivity index (χ0) is 16.2. The lowest BCUT2D eigenvalue weighted by Gasteiger charge is -2.46. The average Bonchev–Trinajstić information content (AvgIpc) is 2.54. The van der Waals surface area contributed by atoms with Crippen molar-refractivity contribution in [1.82, 2.24) is 0 Å². The minimum atomic E-state index is -3.56. The Morgan fingerprint density at radius 1 is 1.00 bits per heavy atom. The zero-order valence-electron chi connectivity index (χ0n) is 12.3. The molecule has 23 heavy (non-hydrogen) atoms. The van der Waals surface area contributed by atoms with E-state index in [2.05, 4.69) is 12.1 Å². The number of hydrogen-bond donors (Lipinski definition) is 1. The molecule has 2 bridgehead atoms. The highest BCUT2D eigenvalue weighted by Gasteiger charge is 2.48. The van der Waals surface area contributed by atoms with Crippen molar-refractivity contribution in [1.29, 1.82) is 0 Å². The molecule has 0 radical (unpaired) electrons. The van der Waals surface area contributed by atoms with Crippen LogP contribution in [0.3, 0.4) is 0 Å². The summed E-state index contributed by atoms with van der Waals surface area (Å²) >= 11 is -3.13.